The van der Waals surface area contributed by atoms with E-state index in [0.717, 1.165) is 5.56 Å². The maximum absolute atomic E-state index is 10.9. The van der Waals surface area contributed by atoms with Gasteiger partial charge >= 0.3 is 5.97 Å². The lowest BCUT2D eigenvalue weighted by Gasteiger charge is -2.13. The van der Waals surface area contributed by atoms with Gasteiger partial charge in [-0.1, -0.05) is 6.07 Å². The molecule has 5 heteroatoms. The number of carbonyl (C=O) groups excluding carboxylic acids is 1. The predicted octanol–water partition coefficient (Wildman–Crippen LogP) is 0.522. The van der Waals surface area contributed by atoms with Crippen molar-refractivity contribution in [3.8, 4) is 0 Å². The van der Waals surface area contributed by atoms with E-state index < -0.39 is 12.0 Å². The van der Waals surface area contributed by atoms with Crippen molar-refractivity contribution in [3.05, 3.63) is 29.6 Å². The number of hydrogen-bond acceptors (Lipinski definition) is 3. The lowest BCUT2D eigenvalue weighted by atomic mass is 10.1. The van der Waals surface area contributed by atoms with Crippen LogP contribution in [0.15, 0.2) is 18.3 Å². The number of amides is 1. The number of hydrogen-bond donors (Lipinski definition) is 2. The summed E-state index contributed by atoms with van der Waals surface area (Å²) in [5.41, 5.74) is 1.60. The summed E-state index contributed by atoms with van der Waals surface area (Å²) in [6.07, 6.45) is 1.80. The van der Waals surface area contributed by atoms with Crippen molar-refractivity contribution in [1.29, 1.82) is 0 Å². The van der Waals surface area contributed by atoms with Crippen molar-refractivity contribution in [2.24, 2.45) is 0 Å². The molecular weight excluding hydrogens is 208 g/mol. The molecule has 1 atom stereocenters. The summed E-state index contributed by atoms with van der Waals surface area (Å²) in [5.74, 6) is -1.42. The Morgan fingerprint density at radius 1 is 1.56 bits per heavy atom. The van der Waals surface area contributed by atoms with E-state index in [4.69, 9.17) is 5.11 Å². The van der Waals surface area contributed by atoms with Gasteiger partial charge in [-0.05, 0) is 18.6 Å². The molecule has 16 heavy (non-hydrogen) atoms. The van der Waals surface area contributed by atoms with E-state index in [9.17, 15) is 9.59 Å². The number of pyridine rings is 1. The largest absolute Gasteiger partial charge is 0.480 e. The number of rotatable bonds is 4. The van der Waals surface area contributed by atoms with Crippen molar-refractivity contribution >= 4 is 11.9 Å². The summed E-state index contributed by atoms with van der Waals surface area (Å²) in [4.78, 5) is 25.8. The Labute approximate surface area is 93.5 Å². The third-order valence-electron chi connectivity index (χ3n) is 2.19. The average Bonchev–Trinajstić information content (AvgIpc) is 2.19. The molecule has 1 heterocycles. The fourth-order valence-corrected chi connectivity index (χ4v) is 1.37. The van der Waals surface area contributed by atoms with E-state index in [1.54, 1.807) is 12.3 Å². The normalized spacial score (nSPS) is 11.9. The molecule has 1 rings (SSSR count). The molecule has 1 unspecified atom stereocenters. The highest BCUT2D eigenvalue weighted by molar-refractivity contribution is 5.82. The van der Waals surface area contributed by atoms with Gasteiger partial charge in [0.05, 0.1) is 0 Å². The van der Waals surface area contributed by atoms with Crippen molar-refractivity contribution in [2.45, 2.75) is 26.3 Å². The molecule has 0 spiro atoms. The van der Waals surface area contributed by atoms with E-state index in [1.165, 1.54) is 6.92 Å². The Balaban J connectivity index is 2.80. The van der Waals surface area contributed by atoms with Crippen molar-refractivity contribution in [3.63, 3.8) is 0 Å². The first kappa shape index (κ1) is 12.2. The van der Waals surface area contributed by atoms with Gasteiger partial charge in [-0.25, -0.2) is 4.79 Å². The summed E-state index contributed by atoms with van der Waals surface area (Å²) < 4.78 is 0. The molecule has 0 aromatic carbocycles. The van der Waals surface area contributed by atoms with Gasteiger partial charge in [-0.15, -0.1) is 0 Å². The van der Waals surface area contributed by atoms with E-state index in [1.807, 2.05) is 13.0 Å². The number of aryl methyl sites for hydroxylation is 1. The van der Waals surface area contributed by atoms with Gasteiger partial charge in [-0.2, -0.15) is 0 Å². The standard InChI is InChI=1S/C11H14N2O3/c1-7-4-3-5-12-9(7)6-10(11(15)16)13-8(2)14/h3-5,10H,6H2,1-2H3,(H,13,14)(H,15,16). The van der Waals surface area contributed by atoms with Gasteiger partial charge in [0.25, 0.3) is 0 Å². The highest BCUT2D eigenvalue weighted by Gasteiger charge is 2.19. The highest BCUT2D eigenvalue weighted by Crippen LogP contribution is 2.06. The molecule has 5 nitrogen and oxygen atoms in total. The second-order valence-corrected chi connectivity index (χ2v) is 3.56. The highest BCUT2D eigenvalue weighted by atomic mass is 16.4. The molecule has 0 bridgehead atoms. The average molecular weight is 222 g/mol. The second-order valence-electron chi connectivity index (χ2n) is 3.56. The summed E-state index contributed by atoms with van der Waals surface area (Å²) in [7, 11) is 0. The fraction of sp³-hybridized carbons (Fsp3) is 0.364. The summed E-state index contributed by atoms with van der Waals surface area (Å²) in [6.45, 7) is 3.15. The Hall–Kier alpha value is -1.91. The maximum atomic E-state index is 10.9. The Morgan fingerprint density at radius 2 is 2.25 bits per heavy atom. The number of carbonyl (C=O) groups is 2. The Morgan fingerprint density at radius 3 is 2.75 bits per heavy atom. The quantitative estimate of drug-likeness (QED) is 0.778. The summed E-state index contributed by atoms with van der Waals surface area (Å²) in [5, 5.41) is 11.3. The molecule has 0 aliphatic rings. The Kier molecular flexibility index (Phi) is 3.99. The molecule has 0 aliphatic heterocycles. The molecule has 1 aromatic rings. The fourth-order valence-electron chi connectivity index (χ4n) is 1.37. The van der Waals surface area contributed by atoms with Gasteiger partial charge in [0, 0.05) is 25.2 Å². The van der Waals surface area contributed by atoms with Crippen molar-refractivity contribution in [1.82, 2.24) is 10.3 Å². The van der Waals surface area contributed by atoms with Crippen molar-refractivity contribution < 1.29 is 14.7 Å². The van der Waals surface area contributed by atoms with E-state index >= 15 is 0 Å². The van der Waals surface area contributed by atoms with Crippen LogP contribution < -0.4 is 5.32 Å². The third-order valence-corrected chi connectivity index (χ3v) is 2.19. The zero-order chi connectivity index (χ0) is 12.1. The van der Waals surface area contributed by atoms with E-state index in [2.05, 4.69) is 10.3 Å². The second kappa shape index (κ2) is 5.25. The zero-order valence-corrected chi connectivity index (χ0v) is 9.23. The minimum atomic E-state index is -1.06. The molecule has 0 aliphatic carbocycles. The molecule has 2 N–H and O–H groups in total. The van der Waals surface area contributed by atoms with Gasteiger partial charge < -0.3 is 10.4 Å². The van der Waals surface area contributed by atoms with Crippen LogP contribution in [0.3, 0.4) is 0 Å². The molecule has 1 amide bonds. The molecule has 0 radical (unpaired) electrons. The lowest BCUT2D eigenvalue weighted by Crippen LogP contribution is -2.41. The van der Waals surface area contributed by atoms with Crippen molar-refractivity contribution in [2.75, 3.05) is 0 Å². The lowest BCUT2D eigenvalue weighted by molar-refractivity contribution is -0.141. The zero-order valence-electron chi connectivity index (χ0n) is 9.23. The molecule has 1 aromatic heterocycles. The van der Waals surface area contributed by atoms with Crippen LogP contribution in [-0.2, 0) is 16.0 Å². The first-order valence-electron chi connectivity index (χ1n) is 4.91. The molecule has 0 fully saturated rings. The number of carboxylic acid groups (broad SMARTS) is 1. The molecule has 0 saturated heterocycles. The topological polar surface area (TPSA) is 79.3 Å². The number of carboxylic acids is 1. The molecule has 86 valence electrons. The predicted molar refractivity (Wildman–Crippen MR) is 57.9 cm³/mol. The van der Waals surface area contributed by atoms with Crippen LogP contribution in [0.25, 0.3) is 0 Å². The van der Waals surface area contributed by atoms with Gasteiger partial charge in [0.1, 0.15) is 6.04 Å². The first-order valence-corrected chi connectivity index (χ1v) is 4.91. The minimum Gasteiger partial charge on any atom is -0.480 e. The van der Waals surface area contributed by atoms with Crippen LogP contribution in [-0.4, -0.2) is 28.0 Å². The number of nitrogens with zero attached hydrogens (tertiary/aromatic N) is 1. The van der Waals surface area contributed by atoms with Crippen LogP contribution in [0.5, 0.6) is 0 Å². The van der Waals surface area contributed by atoms with Crippen LogP contribution in [0, 0.1) is 6.92 Å². The van der Waals surface area contributed by atoms with Crippen LogP contribution in [0.4, 0.5) is 0 Å². The summed E-state index contributed by atoms with van der Waals surface area (Å²) >= 11 is 0. The SMILES string of the molecule is CC(=O)NC(Cc1ncccc1C)C(=O)O. The van der Waals surface area contributed by atoms with E-state index in [-0.39, 0.29) is 12.3 Å². The van der Waals surface area contributed by atoms with Crippen LogP contribution in [0.2, 0.25) is 0 Å². The first-order chi connectivity index (χ1) is 7.50. The minimum absolute atomic E-state index is 0.196. The van der Waals surface area contributed by atoms with E-state index in [0.29, 0.717) is 5.69 Å². The monoisotopic (exact) mass is 222 g/mol. The van der Waals surface area contributed by atoms with Gasteiger partial charge in [0.15, 0.2) is 0 Å². The maximum Gasteiger partial charge on any atom is 0.326 e. The number of aromatic nitrogens is 1. The van der Waals surface area contributed by atoms with Gasteiger partial charge in [-0.3, -0.25) is 9.78 Å². The number of nitrogens with one attached hydrogen (secondary N) is 1. The molecule has 0 saturated carbocycles. The summed E-state index contributed by atoms with van der Waals surface area (Å²) in [6, 6.07) is 2.72. The third kappa shape index (κ3) is 3.34. The number of aliphatic carboxylic acids is 1. The Bertz CT molecular complexity index is 404. The molecular formula is C11H14N2O3. The smallest absolute Gasteiger partial charge is 0.326 e. The van der Waals surface area contributed by atoms with Crippen LogP contribution in [0.1, 0.15) is 18.2 Å². The van der Waals surface area contributed by atoms with Gasteiger partial charge in [0.2, 0.25) is 5.91 Å². The van der Waals surface area contributed by atoms with Crippen LogP contribution >= 0.6 is 0 Å².